The van der Waals surface area contributed by atoms with Crippen LogP contribution in [0.1, 0.15) is 11.7 Å². The van der Waals surface area contributed by atoms with Crippen LogP contribution < -0.4 is 5.32 Å². The highest BCUT2D eigenvalue weighted by molar-refractivity contribution is 6.29. The van der Waals surface area contributed by atoms with Crippen molar-refractivity contribution in [2.75, 3.05) is 13.6 Å². The van der Waals surface area contributed by atoms with E-state index in [9.17, 15) is 14.6 Å². The Morgan fingerprint density at radius 2 is 2.27 bits per heavy atom. The fraction of sp³-hybridized carbons (Fsp3) is 0.444. The van der Waals surface area contributed by atoms with Gasteiger partial charge in [0.2, 0.25) is 0 Å². The molecule has 4 nitrogen and oxygen atoms in total. The van der Waals surface area contributed by atoms with Crippen molar-refractivity contribution in [3.63, 3.8) is 0 Å². The van der Waals surface area contributed by atoms with Crippen LogP contribution in [0.15, 0.2) is 12.3 Å². The monoisotopic (exact) mass is 234 g/mol. The maximum atomic E-state index is 13.0. The van der Waals surface area contributed by atoms with Gasteiger partial charge in [-0.2, -0.15) is 0 Å². The minimum absolute atomic E-state index is 0.194. The lowest BCUT2D eigenvalue weighted by Crippen LogP contribution is -2.29. The first-order valence-electron chi connectivity index (χ1n) is 4.38. The highest BCUT2D eigenvalue weighted by atomic mass is 35.5. The van der Waals surface area contributed by atoms with Gasteiger partial charge in [-0.05, 0) is 13.1 Å². The summed E-state index contributed by atoms with van der Waals surface area (Å²) in [5.41, 5.74) is 0.194. The summed E-state index contributed by atoms with van der Waals surface area (Å²) in [5, 5.41) is 21.5. The quantitative estimate of drug-likeness (QED) is 0.664. The first-order chi connectivity index (χ1) is 7.06. The second-order valence-electron chi connectivity index (χ2n) is 3.11. The van der Waals surface area contributed by atoms with Crippen molar-refractivity contribution in [1.82, 2.24) is 10.3 Å². The number of hydrogen-bond donors (Lipinski definition) is 3. The molecule has 0 amide bonds. The fourth-order valence-corrected chi connectivity index (χ4v) is 1.24. The molecule has 15 heavy (non-hydrogen) atoms. The van der Waals surface area contributed by atoms with Crippen molar-refractivity contribution >= 4 is 11.6 Å². The Bertz CT molecular complexity index is 338. The van der Waals surface area contributed by atoms with Gasteiger partial charge in [-0.25, -0.2) is 9.37 Å². The number of aliphatic hydroxyl groups excluding tert-OH is 2. The van der Waals surface area contributed by atoms with Crippen LogP contribution in [0.5, 0.6) is 0 Å². The maximum Gasteiger partial charge on any atom is 0.164 e. The molecule has 2 unspecified atom stereocenters. The van der Waals surface area contributed by atoms with Crippen LogP contribution in [0.4, 0.5) is 4.39 Å². The van der Waals surface area contributed by atoms with Crippen molar-refractivity contribution < 1.29 is 14.6 Å². The lowest BCUT2D eigenvalue weighted by atomic mass is 10.1. The normalized spacial score (nSPS) is 15.0. The summed E-state index contributed by atoms with van der Waals surface area (Å²) in [4.78, 5) is 3.54. The van der Waals surface area contributed by atoms with Crippen molar-refractivity contribution in [3.8, 4) is 0 Å². The highest BCUT2D eigenvalue weighted by Gasteiger charge is 2.19. The molecule has 0 radical (unpaired) electrons. The molecule has 0 saturated carbocycles. The Morgan fingerprint density at radius 3 is 2.80 bits per heavy atom. The minimum atomic E-state index is -1.18. The van der Waals surface area contributed by atoms with E-state index in [0.717, 1.165) is 6.07 Å². The van der Waals surface area contributed by atoms with E-state index in [0.29, 0.717) is 0 Å². The number of pyridine rings is 1. The maximum absolute atomic E-state index is 13.0. The smallest absolute Gasteiger partial charge is 0.164 e. The molecule has 0 saturated heterocycles. The van der Waals surface area contributed by atoms with E-state index < -0.39 is 18.0 Å². The third-order valence-electron chi connectivity index (χ3n) is 1.94. The molecule has 0 aliphatic carbocycles. The van der Waals surface area contributed by atoms with Crippen LogP contribution in [-0.4, -0.2) is 34.9 Å². The first kappa shape index (κ1) is 12.3. The van der Waals surface area contributed by atoms with E-state index in [1.165, 1.54) is 6.20 Å². The largest absolute Gasteiger partial charge is 0.389 e. The number of aliphatic hydroxyl groups is 2. The third-order valence-corrected chi connectivity index (χ3v) is 2.21. The summed E-state index contributed by atoms with van der Waals surface area (Å²) in [6.45, 7) is 0.200. The van der Waals surface area contributed by atoms with Gasteiger partial charge in [-0.3, -0.25) is 0 Å². The molecule has 84 valence electrons. The molecule has 6 heteroatoms. The number of halogens is 2. The zero-order valence-corrected chi connectivity index (χ0v) is 8.87. The van der Waals surface area contributed by atoms with Gasteiger partial charge in [0.15, 0.2) is 11.0 Å². The van der Waals surface area contributed by atoms with Crippen molar-refractivity contribution in [3.05, 3.63) is 28.8 Å². The topological polar surface area (TPSA) is 65.4 Å². The predicted octanol–water partition coefficient (Wildman–Crippen LogP) is 0.488. The van der Waals surface area contributed by atoms with Crippen molar-refractivity contribution in [2.45, 2.75) is 12.2 Å². The van der Waals surface area contributed by atoms with Gasteiger partial charge >= 0.3 is 0 Å². The molecule has 1 heterocycles. The Balaban J connectivity index is 2.81. The molecular formula is C9H12ClFN2O2. The Kier molecular flexibility index (Phi) is 4.41. The predicted molar refractivity (Wildman–Crippen MR) is 54.1 cm³/mol. The van der Waals surface area contributed by atoms with Crippen LogP contribution >= 0.6 is 11.6 Å². The lowest BCUT2D eigenvalue weighted by molar-refractivity contribution is 0.0199. The summed E-state index contributed by atoms with van der Waals surface area (Å²) < 4.78 is 13.0. The summed E-state index contributed by atoms with van der Waals surface area (Å²) in [7, 11) is 1.64. The van der Waals surface area contributed by atoms with Crippen molar-refractivity contribution in [1.29, 1.82) is 0 Å². The number of likely N-dealkylation sites (N-methyl/N-ethyl adjacent to an activating group) is 1. The molecule has 0 fully saturated rings. The van der Waals surface area contributed by atoms with Crippen LogP contribution in [0.3, 0.4) is 0 Å². The number of rotatable bonds is 4. The molecular weight excluding hydrogens is 223 g/mol. The van der Waals surface area contributed by atoms with E-state index >= 15 is 0 Å². The molecule has 0 bridgehead atoms. The fourth-order valence-electron chi connectivity index (χ4n) is 1.14. The molecule has 3 N–H and O–H groups in total. The van der Waals surface area contributed by atoms with Crippen LogP contribution in [0, 0.1) is 5.82 Å². The Labute approximate surface area is 91.7 Å². The molecule has 1 aromatic rings. The first-order valence-corrected chi connectivity index (χ1v) is 4.75. The molecule has 0 aromatic carbocycles. The van der Waals surface area contributed by atoms with Gasteiger partial charge in [-0.15, -0.1) is 0 Å². The Morgan fingerprint density at radius 1 is 1.60 bits per heavy atom. The number of aromatic nitrogens is 1. The van der Waals surface area contributed by atoms with Crippen LogP contribution in [-0.2, 0) is 0 Å². The molecule has 0 aliphatic rings. The van der Waals surface area contributed by atoms with Gasteiger partial charge in [0, 0.05) is 18.3 Å². The van der Waals surface area contributed by atoms with E-state index in [1.54, 1.807) is 7.05 Å². The van der Waals surface area contributed by atoms with Gasteiger partial charge < -0.3 is 15.5 Å². The van der Waals surface area contributed by atoms with Crippen LogP contribution in [0.25, 0.3) is 0 Å². The van der Waals surface area contributed by atoms with Gasteiger partial charge in [0.25, 0.3) is 0 Å². The standard InChI is InChI=1S/C9H12ClFN2O2/c1-12-4-7(14)8(15)5-2-6(11)9(10)13-3-5/h2-3,7-8,12,14-15H,4H2,1H3. The molecule has 0 spiro atoms. The summed E-state index contributed by atoms with van der Waals surface area (Å²) >= 11 is 5.38. The zero-order chi connectivity index (χ0) is 11.4. The molecule has 0 aliphatic heterocycles. The molecule has 1 aromatic heterocycles. The second-order valence-corrected chi connectivity index (χ2v) is 3.47. The average molecular weight is 235 g/mol. The number of nitrogens with one attached hydrogen (secondary N) is 1. The van der Waals surface area contributed by atoms with Gasteiger partial charge in [-0.1, -0.05) is 11.6 Å². The molecule has 2 atom stereocenters. The number of nitrogens with zero attached hydrogens (tertiary/aromatic N) is 1. The van der Waals surface area contributed by atoms with Gasteiger partial charge in [0.1, 0.15) is 6.10 Å². The average Bonchev–Trinajstić information content (AvgIpc) is 2.21. The SMILES string of the molecule is CNCC(O)C(O)c1cnc(Cl)c(F)c1. The number of hydrogen-bond acceptors (Lipinski definition) is 4. The highest BCUT2D eigenvalue weighted by Crippen LogP contribution is 2.19. The summed E-state index contributed by atoms with van der Waals surface area (Å²) in [6.07, 6.45) is -0.969. The van der Waals surface area contributed by atoms with Crippen LogP contribution in [0.2, 0.25) is 5.15 Å². The second kappa shape index (κ2) is 5.37. The van der Waals surface area contributed by atoms with Gasteiger partial charge in [0.05, 0.1) is 6.10 Å². The Hall–Kier alpha value is -0.750. The van der Waals surface area contributed by atoms with E-state index in [4.69, 9.17) is 11.6 Å². The van der Waals surface area contributed by atoms with Crippen molar-refractivity contribution in [2.24, 2.45) is 0 Å². The minimum Gasteiger partial charge on any atom is -0.389 e. The molecule has 1 rings (SSSR count). The van der Waals surface area contributed by atoms with E-state index in [1.807, 2.05) is 0 Å². The van der Waals surface area contributed by atoms with E-state index in [-0.39, 0.29) is 17.3 Å². The third kappa shape index (κ3) is 3.10. The lowest BCUT2D eigenvalue weighted by Gasteiger charge is -2.17. The zero-order valence-electron chi connectivity index (χ0n) is 8.11. The summed E-state index contributed by atoms with van der Waals surface area (Å²) in [5.74, 6) is -0.718. The summed E-state index contributed by atoms with van der Waals surface area (Å²) in [6, 6.07) is 1.05. The van der Waals surface area contributed by atoms with E-state index in [2.05, 4.69) is 10.3 Å².